The Morgan fingerprint density at radius 3 is 2.28 bits per heavy atom. The van der Waals surface area contributed by atoms with E-state index in [2.05, 4.69) is 0 Å². The van der Waals surface area contributed by atoms with Gasteiger partial charge in [0.05, 0.1) is 11.5 Å². The number of carbonyl (C=O) groups is 1. The highest BCUT2D eigenvalue weighted by Gasteiger charge is 2.48. The summed E-state index contributed by atoms with van der Waals surface area (Å²) < 4.78 is 5.94. The minimum absolute atomic E-state index is 0.123. The fourth-order valence-electron chi connectivity index (χ4n) is 3.78. The van der Waals surface area contributed by atoms with Crippen molar-refractivity contribution in [3.8, 4) is 5.75 Å². The molecule has 0 aliphatic carbocycles. The molecule has 0 aromatic heterocycles. The highest BCUT2D eigenvalue weighted by molar-refractivity contribution is 5.93. The van der Waals surface area contributed by atoms with E-state index in [4.69, 9.17) is 4.74 Å². The summed E-state index contributed by atoms with van der Waals surface area (Å²) in [4.78, 5) is 12.7. The minimum atomic E-state index is -1.00. The average Bonchev–Trinajstić information content (AvgIpc) is 2.63. The van der Waals surface area contributed by atoms with Gasteiger partial charge in [-0.1, -0.05) is 66.7 Å². The van der Waals surface area contributed by atoms with Gasteiger partial charge in [-0.25, -0.2) is 4.79 Å². The second-order valence-electron chi connectivity index (χ2n) is 6.44. The zero-order valence-corrected chi connectivity index (χ0v) is 13.8. The predicted octanol–water partition coefficient (Wildman–Crippen LogP) is 4.61. The molecule has 124 valence electrons. The largest absolute Gasteiger partial charge is 0.508 e. The average molecular weight is 330 g/mol. The van der Waals surface area contributed by atoms with E-state index in [1.54, 1.807) is 18.2 Å². The molecule has 4 rings (SSSR count). The van der Waals surface area contributed by atoms with Crippen molar-refractivity contribution < 1.29 is 14.6 Å². The molecule has 0 amide bonds. The maximum Gasteiger partial charge on any atom is 0.339 e. The van der Waals surface area contributed by atoms with Crippen LogP contribution in [0.1, 0.15) is 39.9 Å². The molecule has 1 N–H and O–H groups in total. The Hall–Kier alpha value is -3.07. The summed E-state index contributed by atoms with van der Waals surface area (Å²) in [6.07, 6.45) is 0. The zero-order valence-electron chi connectivity index (χ0n) is 13.8. The summed E-state index contributed by atoms with van der Waals surface area (Å²) in [5.41, 5.74) is 2.12. The van der Waals surface area contributed by atoms with E-state index in [9.17, 15) is 9.90 Å². The summed E-state index contributed by atoms with van der Waals surface area (Å²) in [5.74, 6) is -0.456. The van der Waals surface area contributed by atoms with Crippen LogP contribution < -0.4 is 0 Å². The third-order valence-corrected chi connectivity index (χ3v) is 4.92. The number of aromatic hydroxyl groups is 1. The van der Waals surface area contributed by atoms with Crippen LogP contribution in [0.4, 0.5) is 0 Å². The van der Waals surface area contributed by atoms with Crippen LogP contribution in [0.2, 0.25) is 0 Å². The molecule has 0 spiro atoms. The normalized spacial score (nSPS) is 22.1. The van der Waals surface area contributed by atoms with Gasteiger partial charge < -0.3 is 9.84 Å². The molecular formula is C22H18O3. The van der Waals surface area contributed by atoms with E-state index in [1.807, 2.05) is 67.6 Å². The zero-order chi connectivity index (χ0) is 17.4. The number of phenols is 1. The van der Waals surface area contributed by atoms with Gasteiger partial charge in [-0.3, -0.25) is 0 Å². The van der Waals surface area contributed by atoms with E-state index in [0.29, 0.717) is 11.1 Å². The molecule has 3 heteroatoms. The number of hydrogen-bond donors (Lipinski definition) is 1. The Labute approximate surface area is 146 Å². The van der Waals surface area contributed by atoms with Gasteiger partial charge in [0.15, 0.2) is 0 Å². The molecule has 3 nitrogen and oxygen atoms in total. The first-order chi connectivity index (χ1) is 12.1. The summed E-state index contributed by atoms with van der Waals surface area (Å²) in [6, 6.07) is 24.5. The maximum absolute atomic E-state index is 12.7. The molecule has 0 fully saturated rings. The number of fused-ring (bicyclic) bond motifs is 1. The molecule has 1 aliphatic heterocycles. The van der Waals surface area contributed by atoms with E-state index < -0.39 is 5.60 Å². The monoisotopic (exact) mass is 330 g/mol. The smallest absolute Gasteiger partial charge is 0.339 e. The Bertz CT molecular complexity index is 933. The van der Waals surface area contributed by atoms with E-state index >= 15 is 0 Å². The predicted molar refractivity (Wildman–Crippen MR) is 95.6 cm³/mol. The Balaban J connectivity index is 2.01. The number of esters is 1. The van der Waals surface area contributed by atoms with Crippen molar-refractivity contribution in [2.75, 3.05) is 0 Å². The van der Waals surface area contributed by atoms with Crippen LogP contribution in [-0.4, -0.2) is 11.1 Å². The number of phenolic OH excluding ortho intramolecular Hbond substituents is 1. The summed E-state index contributed by atoms with van der Waals surface area (Å²) in [7, 11) is 0. The van der Waals surface area contributed by atoms with E-state index in [1.165, 1.54) is 0 Å². The van der Waals surface area contributed by atoms with Gasteiger partial charge >= 0.3 is 5.97 Å². The third-order valence-electron chi connectivity index (χ3n) is 4.92. The molecule has 0 radical (unpaired) electrons. The Morgan fingerprint density at radius 2 is 1.52 bits per heavy atom. The van der Waals surface area contributed by atoms with Gasteiger partial charge in [-0.15, -0.1) is 0 Å². The molecular weight excluding hydrogens is 312 g/mol. The van der Waals surface area contributed by atoms with Crippen LogP contribution in [0.25, 0.3) is 0 Å². The van der Waals surface area contributed by atoms with Gasteiger partial charge in [-0.2, -0.15) is 0 Å². The number of rotatable bonds is 2. The van der Waals surface area contributed by atoms with Crippen LogP contribution in [0.5, 0.6) is 5.75 Å². The first-order valence-electron chi connectivity index (χ1n) is 8.27. The van der Waals surface area contributed by atoms with Crippen LogP contribution >= 0.6 is 0 Å². The number of para-hydroxylation sites is 1. The van der Waals surface area contributed by atoms with Crippen molar-refractivity contribution in [1.82, 2.24) is 0 Å². The van der Waals surface area contributed by atoms with Crippen molar-refractivity contribution in [1.29, 1.82) is 0 Å². The minimum Gasteiger partial charge on any atom is -0.508 e. The molecule has 2 atom stereocenters. The van der Waals surface area contributed by atoms with Gasteiger partial charge in [0, 0.05) is 5.56 Å². The summed E-state index contributed by atoms with van der Waals surface area (Å²) >= 11 is 0. The fourth-order valence-corrected chi connectivity index (χ4v) is 3.78. The number of ether oxygens (including phenoxy) is 1. The molecule has 0 saturated heterocycles. The highest BCUT2D eigenvalue weighted by Crippen LogP contribution is 2.50. The van der Waals surface area contributed by atoms with Gasteiger partial charge in [0.1, 0.15) is 11.4 Å². The number of carbonyl (C=O) groups excluding carboxylic acids is 1. The number of cyclic esters (lactones) is 1. The van der Waals surface area contributed by atoms with Crippen LogP contribution in [0, 0.1) is 0 Å². The van der Waals surface area contributed by atoms with Crippen LogP contribution in [-0.2, 0) is 10.3 Å². The molecule has 0 saturated carbocycles. The van der Waals surface area contributed by atoms with E-state index in [0.717, 1.165) is 11.1 Å². The summed E-state index contributed by atoms with van der Waals surface area (Å²) in [5, 5.41) is 10.4. The third kappa shape index (κ3) is 2.40. The molecule has 1 heterocycles. The topological polar surface area (TPSA) is 46.5 Å². The SMILES string of the molecule is CC1(c2ccccc2O)OC(=O)c2ccccc2C1c1ccccc1. The van der Waals surface area contributed by atoms with Crippen molar-refractivity contribution in [3.63, 3.8) is 0 Å². The second kappa shape index (κ2) is 5.78. The Kier molecular flexibility index (Phi) is 3.57. The Morgan fingerprint density at radius 1 is 0.880 bits per heavy atom. The van der Waals surface area contributed by atoms with Gasteiger partial charge in [0.2, 0.25) is 0 Å². The first-order valence-corrected chi connectivity index (χ1v) is 8.27. The maximum atomic E-state index is 12.7. The molecule has 0 bridgehead atoms. The lowest BCUT2D eigenvalue weighted by Crippen LogP contribution is -2.41. The number of hydrogen-bond acceptors (Lipinski definition) is 3. The first kappa shape index (κ1) is 15.5. The van der Waals surface area contributed by atoms with Crippen molar-refractivity contribution in [3.05, 3.63) is 101 Å². The standard InChI is InChI=1S/C22H18O3/c1-22(18-13-7-8-14-19(18)23)20(15-9-3-2-4-10-15)16-11-5-6-12-17(16)21(24)25-22/h2-14,20,23H,1H3. The van der Waals surface area contributed by atoms with Gasteiger partial charge in [0.25, 0.3) is 0 Å². The molecule has 1 aliphatic rings. The van der Waals surface area contributed by atoms with Gasteiger partial charge in [-0.05, 0) is 30.2 Å². The van der Waals surface area contributed by atoms with Crippen LogP contribution in [0.3, 0.4) is 0 Å². The molecule has 25 heavy (non-hydrogen) atoms. The number of benzene rings is 3. The lowest BCUT2D eigenvalue weighted by atomic mass is 9.71. The second-order valence-corrected chi connectivity index (χ2v) is 6.44. The molecule has 3 aromatic carbocycles. The van der Waals surface area contributed by atoms with Crippen LogP contribution in [0.15, 0.2) is 78.9 Å². The molecule has 3 aromatic rings. The lowest BCUT2D eigenvalue weighted by molar-refractivity contribution is -0.0284. The van der Waals surface area contributed by atoms with Crippen molar-refractivity contribution in [2.45, 2.75) is 18.4 Å². The lowest BCUT2D eigenvalue weighted by Gasteiger charge is -2.42. The van der Waals surface area contributed by atoms with E-state index in [-0.39, 0.29) is 17.6 Å². The summed E-state index contributed by atoms with van der Waals surface area (Å²) in [6.45, 7) is 1.87. The fraction of sp³-hybridized carbons (Fsp3) is 0.136. The van der Waals surface area contributed by atoms with Crippen molar-refractivity contribution >= 4 is 5.97 Å². The highest BCUT2D eigenvalue weighted by atomic mass is 16.6. The van der Waals surface area contributed by atoms with Crippen molar-refractivity contribution in [2.24, 2.45) is 0 Å². The quantitative estimate of drug-likeness (QED) is 0.698. The molecule has 2 unspecified atom stereocenters.